The number of aryl methyl sites for hydroxylation is 1. The highest BCUT2D eigenvalue weighted by molar-refractivity contribution is 7.07. The largest absolute Gasteiger partial charge is 0.496 e. The molecule has 0 saturated heterocycles. The Labute approximate surface area is 219 Å². The minimum absolute atomic E-state index is 0.0661. The number of nitrogens with zero attached hydrogens (tertiary/aromatic N) is 2. The van der Waals surface area contributed by atoms with E-state index in [0.717, 1.165) is 46.6 Å². The monoisotopic (exact) mass is 506 g/mol. The van der Waals surface area contributed by atoms with Gasteiger partial charge in [0.25, 0.3) is 5.56 Å². The molecule has 1 aliphatic heterocycles. The number of para-hydroxylation sites is 2. The SMILES string of the molecule is C=CCOc1ccccc1C=c1sc2n(c1=O)C(c1ccccc1OC)C1=C(N=2)c2ccccc2CC1. The van der Waals surface area contributed by atoms with Gasteiger partial charge in [0, 0.05) is 16.7 Å². The van der Waals surface area contributed by atoms with Gasteiger partial charge >= 0.3 is 0 Å². The Morgan fingerprint density at radius 1 is 1.03 bits per heavy atom. The van der Waals surface area contributed by atoms with E-state index >= 15 is 0 Å². The molecule has 1 unspecified atom stereocenters. The highest BCUT2D eigenvalue weighted by Gasteiger charge is 2.33. The maximum atomic E-state index is 14.0. The molecular formula is C31H26N2O3S. The number of hydrogen-bond donors (Lipinski definition) is 0. The molecule has 184 valence electrons. The molecule has 1 atom stereocenters. The first-order chi connectivity index (χ1) is 18.2. The summed E-state index contributed by atoms with van der Waals surface area (Å²) in [6, 6.07) is 23.8. The maximum Gasteiger partial charge on any atom is 0.271 e. The van der Waals surface area contributed by atoms with E-state index in [9.17, 15) is 4.79 Å². The van der Waals surface area contributed by atoms with Crippen LogP contribution in [0.1, 0.15) is 34.7 Å². The molecule has 0 bridgehead atoms. The van der Waals surface area contributed by atoms with Crippen LogP contribution < -0.4 is 24.4 Å². The second-order valence-electron chi connectivity index (χ2n) is 8.99. The van der Waals surface area contributed by atoms with E-state index in [-0.39, 0.29) is 11.6 Å². The quantitative estimate of drug-likeness (QED) is 0.350. The summed E-state index contributed by atoms with van der Waals surface area (Å²) in [7, 11) is 1.67. The standard InChI is InChI=1S/C31H26N2O3S/c1-3-18-36-25-14-8-5-11-21(25)19-27-30(34)33-29(23-13-7-9-15-26(23)35-2)24-17-16-20-10-4-6-12-22(20)28(24)32-31(33)37-27/h3-15,19,29H,1,16-18H2,2H3. The van der Waals surface area contributed by atoms with Crippen molar-refractivity contribution in [2.45, 2.75) is 18.9 Å². The summed E-state index contributed by atoms with van der Waals surface area (Å²) >= 11 is 1.41. The van der Waals surface area contributed by atoms with Crippen LogP contribution in [0.2, 0.25) is 0 Å². The molecule has 0 amide bonds. The first-order valence-electron chi connectivity index (χ1n) is 12.3. The van der Waals surface area contributed by atoms with Gasteiger partial charge in [-0.1, -0.05) is 84.7 Å². The van der Waals surface area contributed by atoms with Crippen molar-refractivity contribution < 1.29 is 9.47 Å². The molecule has 6 rings (SSSR count). The average Bonchev–Trinajstić information content (AvgIpc) is 3.25. The number of rotatable bonds is 6. The highest BCUT2D eigenvalue weighted by atomic mass is 32.1. The summed E-state index contributed by atoms with van der Waals surface area (Å²) in [6.07, 6.45) is 5.35. The lowest BCUT2D eigenvalue weighted by molar-refractivity contribution is 0.362. The molecule has 3 aromatic carbocycles. The Kier molecular flexibility index (Phi) is 6.10. The normalized spacial score (nSPS) is 16.4. The lowest BCUT2D eigenvalue weighted by Crippen LogP contribution is -2.39. The molecule has 2 aliphatic rings. The van der Waals surface area contributed by atoms with E-state index in [4.69, 9.17) is 14.5 Å². The average molecular weight is 507 g/mol. The number of benzene rings is 3. The van der Waals surface area contributed by atoms with Gasteiger partial charge in [-0.05, 0) is 42.2 Å². The molecule has 4 aromatic rings. The fourth-order valence-electron chi connectivity index (χ4n) is 5.21. The predicted octanol–water partition coefficient (Wildman–Crippen LogP) is 4.89. The summed E-state index contributed by atoms with van der Waals surface area (Å²) in [4.78, 5) is 19.8. The zero-order valence-electron chi connectivity index (χ0n) is 20.5. The minimum atomic E-state index is -0.287. The van der Waals surface area contributed by atoms with Crippen LogP contribution in [0.4, 0.5) is 0 Å². The smallest absolute Gasteiger partial charge is 0.271 e. The van der Waals surface area contributed by atoms with Crippen molar-refractivity contribution in [3.05, 3.63) is 133 Å². The fraction of sp³-hybridized carbons (Fsp3) is 0.161. The lowest BCUT2D eigenvalue weighted by atomic mass is 9.83. The van der Waals surface area contributed by atoms with Gasteiger partial charge in [-0.3, -0.25) is 9.36 Å². The van der Waals surface area contributed by atoms with Gasteiger partial charge in [-0.25, -0.2) is 4.99 Å². The summed E-state index contributed by atoms with van der Waals surface area (Å²) in [5, 5.41) is 0. The third-order valence-electron chi connectivity index (χ3n) is 6.87. The number of aromatic nitrogens is 1. The van der Waals surface area contributed by atoms with Crippen LogP contribution in [0.25, 0.3) is 11.8 Å². The molecule has 6 heteroatoms. The summed E-state index contributed by atoms with van der Waals surface area (Å²) in [6.45, 7) is 4.13. The number of fused-ring (bicyclic) bond motifs is 3. The number of methoxy groups -OCH3 is 1. The molecular weight excluding hydrogens is 480 g/mol. The van der Waals surface area contributed by atoms with E-state index in [2.05, 4.69) is 36.9 Å². The van der Waals surface area contributed by atoms with Gasteiger partial charge in [-0.15, -0.1) is 0 Å². The van der Waals surface area contributed by atoms with Crippen molar-refractivity contribution in [2.24, 2.45) is 4.99 Å². The van der Waals surface area contributed by atoms with Crippen molar-refractivity contribution in [2.75, 3.05) is 13.7 Å². The van der Waals surface area contributed by atoms with Gasteiger partial charge in [0.05, 0.1) is 23.4 Å². The first kappa shape index (κ1) is 23.3. The van der Waals surface area contributed by atoms with Crippen molar-refractivity contribution in [1.29, 1.82) is 0 Å². The van der Waals surface area contributed by atoms with Crippen LogP contribution in [0.5, 0.6) is 11.5 Å². The van der Waals surface area contributed by atoms with Crippen LogP contribution >= 0.6 is 11.3 Å². The molecule has 0 N–H and O–H groups in total. The van der Waals surface area contributed by atoms with E-state index in [1.165, 1.54) is 16.9 Å². The summed E-state index contributed by atoms with van der Waals surface area (Å²) in [5.74, 6) is 1.47. The molecule has 0 radical (unpaired) electrons. The maximum absolute atomic E-state index is 14.0. The van der Waals surface area contributed by atoms with E-state index in [1.54, 1.807) is 13.2 Å². The highest BCUT2D eigenvalue weighted by Crippen LogP contribution is 2.43. The molecule has 1 aliphatic carbocycles. The molecule has 0 saturated carbocycles. The lowest BCUT2D eigenvalue weighted by Gasteiger charge is -2.31. The Morgan fingerprint density at radius 2 is 1.78 bits per heavy atom. The zero-order chi connectivity index (χ0) is 25.4. The van der Waals surface area contributed by atoms with Crippen molar-refractivity contribution in [3.8, 4) is 11.5 Å². The van der Waals surface area contributed by atoms with Crippen molar-refractivity contribution in [3.63, 3.8) is 0 Å². The van der Waals surface area contributed by atoms with Crippen LogP contribution in [-0.4, -0.2) is 18.3 Å². The number of allylic oxidation sites excluding steroid dienone is 1. The Balaban J connectivity index is 1.61. The van der Waals surface area contributed by atoms with Crippen LogP contribution in [-0.2, 0) is 6.42 Å². The number of thiazole rings is 1. The molecule has 2 heterocycles. The second kappa shape index (κ2) is 9.71. The molecule has 0 fully saturated rings. The number of hydrogen-bond acceptors (Lipinski definition) is 5. The predicted molar refractivity (Wildman–Crippen MR) is 148 cm³/mol. The van der Waals surface area contributed by atoms with E-state index in [1.807, 2.05) is 53.1 Å². The van der Waals surface area contributed by atoms with Gasteiger partial charge in [0.1, 0.15) is 18.1 Å². The van der Waals surface area contributed by atoms with Gasteiger partial charge in [0.15, 0.2) is 4.80 Å². The fourth-order valence-corrected chi connectivity index (χ4v) is 6.20. The van der Waals surface area contributed by atoms with Gasteiger partial charge in [-0.2, -0.15) is 0 Å². The molecule has 0 spiro atoms. The first-order valence-corrected chi connectivity index (χ1v) is 13.1. The van der Waals surface area contributed by atoms with Crippen molar-refractivity contribution >= 4 is 23.1 Å². The van der Waals surface area contributed by atoms with Crippen LogP contribution in [0.3, 0.4) is 0 Å². The molecule has 1 aromatic heterocycles. The Bertz CT molecular complexity index is 1730. The zero-order valence-corrected chi connectivity index (χ0v) is 21.3. The third-order valence-corrected chi connectivity index (χ3v) is 7.85. The minimum Gasteiger partial charge on any atom is -0.496 e. The van der Waals surface area contributed by atoms with Gasteiger partial charge in [0.2, 0.25) is 0 Å². The summed E-state index contributed by atoms with van der Waals surface area (Å²) < 4.78 is 14.1. The van der Waals surface area contributed by atoms with Crippen LogP contribution in [0, 0.1) is 0 Å². The van der Waals surface area contributed by atoms with E-state index < -0.39 is 0 Å². The van der Waals surface area contributed by atoms with Gasteiger partial charge < -0.3 is 9.47 Å². The Morgan fingerprint density at radius 3 is 2.62 bits per heavy atom. The van der Waals surface area contributed by atoms with Crippen LogP contribution in [0.15, 0.2) is 101 Å². The number of ether oxygens (including phenoxy) is 2. The second-order valence-corrected chi connectivity index (χ2v) is 10.0. The molecule has 5 nitrogen and oxygen atoms in total. The summed E-state index contributed by atoms with van der Waals surface area (Å²) in [5.41, 5.74) is 6.30. The topological polar surface area (TPSA) is 52.8 Å². The van der Waals surface area contributed by atoms with Crippen molar-refractivity contribution in [1.82, 2.24) is 4.57 Å². The molecule has 37 heavy (non-hydrogen) atoms. The Hall–Kier alpha value is -4.16. The van der Waals surface area contributed by atoms with E-state index in [0.29, 0.717) is 21.7 Å². The third kappa shape index (κ3) is 4.03.